The first-order valence-corrected chi connectivity index (χ1v) is 5.46. The minimum absolute atomic E-state index is 0.891. The molecule has 12 heavy (non-hydrogen) atoms. The fourth-order valence-corrected chi connectivity index (χ4v) is 2.77. The maximum absolute atomic E-state index is 2.55. The highest BCUT2D eigenvalue weighted by atomic mass is 31.1. The number of nitrogens with zero attached hydrogens (tertiary/aromatic N) is 1. The number of rotatable bonds is 2. The molecule has 1 unspecified atom stereocenters. The molecule has 1 aliphatic heterocycles. The van der Waals surface area contributed by atoms with Crippen LogP contribution in [0.15, 0.2) is 30.3 Å². The van der Waals surface area contributed by atoms with Crippen molar-refractivity contribution in [1.29, 1.82) is 0 Å². The van der Waals surface area contributed by atoms with Gasteiger partial charge in [-0.2, -0.15) is 0 Å². The predicted molar refractivity (Wildman–Crippen MR) is 55.2 cm³/mol. The summed E-state index contributed by atoms with van der Waals surface area (Å²) in [4.78, 5) is 0. The largest absolute Gasteiger partial charge is 0.281 e. The highest BCUT2D eigenvalue weighted by Crippen LogP contribution is 2.22. The molecule has 1 saturated heterocycles. The van der Waals surface area contributed by atoms with Crippen LogP contribution in [0.1, 0.15) is 12.8 Å². The lowest BCUT2D eigenvalue weighted by atomic mass is 10.4. The van der Waals surface area contributed by atoms with Crippen molar-refractivity contribution in [2.24, 2.45) is 0 Å². The standard InChI is InChI=1S/C10H14NP/c1-2-6-10(7-3-1)12-11-8-4-5-9-11/h1-3,6-7,12H,4-5,8-9H2. The third-order valence-corrected chi connectivity index (χ3v) is 3.52. The molecule has 0 bridgehead atoms. The first-order chi connectivity index (χ1) is 5.95. The molecule has 1 atom stereocenters. The third kappa shape index (κ3) is 2.06. The minimum atomic E-state index is 0.891. The Morgan fingerprint density at radius 3 is 2.33 bits per heavy atom. The van der Waals surface area contributed by atoms with E-state index in [1.807, 2.05) is 0 Å². The van der Waals surface area contributed by atoms with Gasteiger partial charge in [-0.15, -0.1) is 0 Å². The van der Waals surface area contributed by atoms with E-state index in [4.69, 9.17) is 0 Å². The fraction of sp³-hybridized carbons (Fsp3) is 0.400. The Bertz CT molecular complexity index is 229. The van der Waals surface area contributed by atoms with E-state index in [2.05, 4.69) is 35.0 Å². The molecule has 0 radical (unpaired) electrons. The van der Waals surface area contributed by atoms with Crippen molar-refractivity contribution in [2.75, 3.05) is 13.1 Å². The summed E-state index contributed by atoms with van der Waals surface area (Å²) in [6.45, 7) is 2.60. The van der Waals surface area contributed by atoms with Crippen LogP contribution in [0, 0.1) is 0 Å². The topological polar surface area (TPSA) is 3.24 Å². The first kappa shape index (κ1) is 8.22. The Hall–Kier alpha value is -0.390. The highest BCUT2D eigenvalue weighted by Gasteiger charge is 2.10. The van der Waals surface area contributed by atoms with Crippen LogP contribution in [0.3, 0.4) is 0 Å². The molecule has 0 saturated carbocycles. The van der Waals surface area contributed by atoms with Gasteiger partial charge in [-0.25, -0.2) is 0 Å². The van der Waals surface area contributed by atoms with Gasteiger partial charge in [0, 0.05) is 13.1 Å². The molecule has 0 aliphatic carbocycles. The van der Waals surface area contributed by atoms with E-state index in [1.54, 1.807) is 0 Å². The summed E-state index contributed by atoms with van der Waals surface area (Å²) >= 11 is 0. The maximum Gasteiger partial charge on any atom is 0.00220 e. The van der Waals surface area contributed by atoms with Gasteiger partial charge in [0.05, 0.1) is 0 Å². The number of benzene rings is 1. The van der Waals surface area contributed by atoms with Gasteiger partial charge in [0.15, 0.2) is 0 Å². The van der Waals surface area contributed by atoms with Gasteiger partial charge in [0.2, 0.25) is 0 Å². The summed E-state index contributed by atoms with van der Waals surface area (Å²) in [5.74, 6) is 0. The van der Waals surface area contributed by atoms with E-state index < -0.39 is 0 Å². The molecule has 0 N–H and O–H groups in total. The van der Waals surface area contributed by atoms with Crippen LogP contribution in [-0.2, 0) is 0 Å². The van der Waals surface area contributed by atoms with Crippen LogP contribution in [0.5, 0.6) is 0 Å². The van der Waals surface area contributed by atoms with E-state index in [9.17, 15) is 0 Å². The molecule has 1 heterocycles. The van der Waals surface area contributed by atoms with Crippen LogP contribution in [0.2, 0.25) is 0 Å². The van der Waals surface area contributed by atoms with Gasteiger partial charge in [0.1, 0.15) is 0 Å². The Kier molecular flexibility index (Phi) is 2.75. The van der Waals surface area contributed by atoms with Crippen molar-refractivity contribution in [3.8, 4) is 0 Å². The third-order valence-electron chi connectivity index (χ3n) is 2.17. The normalized spacial score (nSPS) is 19.3. The molecule has 1 aromatic rings. The van der Waals surface area contributed by atoms with Crippen LogP contribution >= 0.6 is 8.73 Å². The molecule has 1 aliphatic rings. The first-order valence-electron chi connectivity index (χ1n) is 4.52. The Balaban J connectivity index is 1.94. The predicted octanol–water partition coefficient (Wildman–Crippen LogP) is 2.00. The summed E-state index contributed by atoms with van der Waals surface area (Å²) in [5.41, 5.74) is 0. The molecular formula is C10H14NP. The minimum Gasteiger partial charge on any atom is -0.281 e. The lowest BCUT2D eigenvalue weighted by Gasteiger charge is -2.13. The van der Waals surface area contributed by atoms with Crippen molar-refractivity contribution >= 4 is 14.0 Å². The molecule has 1 fully saturated rings. The van der Waals surface area contributed by atoms with E-state index in [-0.39, 0.29) is 0 Å². The fourth-order valence-electron chi connectivity index (χ4n) is 1.52. The monoisotopic (exact) mass is 179 g/mol. The molecule has 0 amide bonds. The van der Waals surface area contributed by atoms with Crippen molar-refractivity contribution in [1.82, 2.24) is 4.67 Å². The summed E-state index contributed by atoms with van der Waals surface area (Å²) in [7, 11) is 0.891. The molecule has 0 aromatic heterocycles. The van der Waals surface area contributed by atoms with Gasteiger partial charge in [-0.3, -0.25) is 4.67 Å². The van der Waals surface area contributed by atoms with Crippen molar-refractivity contribution < 1.29 is 0 Å². The number of hydrogen-bond donors (Lipinski definition) is 0. The zero-order chi connectivity index (χ0) is 8.23. The van der Waals surface area contributed by atoms with E-state index in [0.29, 0.717) is 0 Å². The van der Waals surface area contributed by atoms with Crippen LogP contribution < -0.4 is 5.30 Å². The molecule has 1 nitrogen and oxygen atoms in total. The Labute approximate surface area is 75.6 Å². The zero-order valence-corrected chi connectivity index (χ0v) is 8.16. The highest BCUT2D eigenvalue weighted by molar-refractivity contribution is 7.44. The maximum atomic E-state index is 2.55. The van der Waals surface area contributed by atoms with Crippen molar-refractivity contribution in [3.05, 3.63) is 30.3 Å². The summed E-state index contributed by atoms with van der Waals surface area (Å²) in [6.07, 6.45) is 2.78. The van der Waals surface area contributed by atoms with Gasteiger partial charge in [-0.05, 0) is 26.9 Å². The van der Waals surface area contributed by atoms with E-state index in [1.165, 1.54) is 31.2 Å². The summed E-state index contributed by atoms with van der Waals surface area (Å²) in [5, 5.41) is 1.47. The van der Waals surface area contributed by atoms with Crippen LogP contribution in [0.25, 0.3) is 0 Å². The Morgan fingerprint density at radius 1 is 1.00 bits per heavy atom. The molecule has 64 valence electrons. The molecule has 1 aromatic carbocycles. The zero-order valence-electron chi connectivity index (χ0n) is 7.16. The quantitative estimate of drug-likeness (QED) is 0.628. The second-order valence-electron chi connectivity index (χ2n) is 3.17. The van der Waals surface area contributed by atoms with Gasteiger partial charge < -0.3 is 0 Å². The SMILES string of the molecule is c1ccc(PN2CCCC2)cc1. The molecular weight excluding hydrogens is 165 g/mol. The second-order valence-corrected chi connectivity index (χ2v) is 4.61. The summed E-state index contributed by atoms with van der Waals surface area (Å²) in [6, 6.07) is 10.8. The van der Waals surface area contributed by atoms with E-state index >= 15 is 0 Å². The smallest absolute Gasteiger partial charge is 0.00220 e. The van der Waals surface area contributed by atoms with Crippen LogP contribution in [0.4, 0.5) is 0 Å². The average Bonchev–Trinajstić information content (AvgIpc) is 2.59. The van der Waals surface area contributed by atoms with Crippen LogP contribution in [-0.4, -0.2) is 17.8 Å². The van der Waals surface area contributed by atoms with Gasteiger partial charge in [0.25, 0.3) is 0 Å². The molecule has 2 heteroatoms. The summed E-state index contributed by atoms with van der Waals surface area (Å²) < 4.78 is 2.55. The lowest BCUT2D eigenvalue weighted by molar-refractivity contribution is 0.581. The van der Waals surface area contributed by atoms with Gasteiger partial charge >= 0.3 is 0 Å². The second kappa shape index (κ2) is 4.02. The molecule has 2 rings (SSSR count). The average molecular weight is 179 g/mol. The molecule has 0 spiro atoms. The Morgan fingerprint density at radius 2 is 1.67 bits per heavy atom. The number of hydrogen-bond acceptors (Lipinski definition) is 1. The van der Waals surface area contributed by atoms with E-state index in [0.717, 1.165) is 8.73 Å². The van der Waals surface area contributed by atoms with Crippen molar-refractivity contribution in [2.45, 2.75) is 12.8 Å². The van der Waals surface area contributed by atoms with Crippen molar-refractivity contribution in [3.63, 3.8) is 0 Å². The van der Waals surface area contributed by atoms with Gasteiger partial charge in [-0.1, -0.05) is 30.3 Å². The lowest BCUT2D eigenvalue weighted by Crippen LogP contribution is -2.11.